The number of anilines is 1. The van der Waals surface area contributed by atoms with Gasteiger partial charge >= 0.3 is 0 Å². The van der Waals surface area contributed by atoms with Gasteiger partial charge in [0.05, 0.1) is 9.64 Å². The second-order valence-electron chi connectivity index (χ2n) is 5.48. The van der Waals surface area contributed by atoms with E-state index < -0.39 is 14.1 Å². The van der Waals surface area contributed by atoms with E-state index in [0.29, 0.717) is 10.6 Å². The molecule has 4 heteroatoms. The fourth-order valence-electron chi connectivity index (χ4n) is 1.41. The van der Waals surface area contributed by atoms with Crippen LogP contribution in [-0.2, 0) is 9.35 Å². The van der Waals surface area contributed by atoms with Gasteiger partial charge in [-0.3, -0.25) is 4.55 Å². The van der Waals surface area contributed by atoms with E-state index in [9.17, 15) is 8.76 Å². The molecule has 0 bridgehead atoms. The van der Waals surface area contributed by atoms with Crippen LogP contribution < -0.4 is 5.73 Å². The van der Waals surface area contributed by atoms with Crippen molar-refractivity contribution in [2.24, 2.45) is 0 Å². The minimum absolute atomic E-state index is 0.419. The Balaban J connectivity index is 3.55. The van der Waals surface area contributed by atoms with Gasteiger partial charge in [-0.15, -0.1) is 0 Å². The van der Waals surface area contributed by atoms with Gasteiger partial charge in [-0.25, -0.2) is 4.21 Å². The maximum absolute atomic E-state index is 12.8. The average molecular weight is 243 g/mol. The van der Waals surface area contributed by atoms with Gasteiger partial charge in [0.2, 0.25) is 0 Å². The van der Waals surface area contributed by atoms with Crippen molar-refractivity contribution in [3.8, 4) is 0 Å². The highest BCUT2D eigenvalue weighted by atomic mass is 32.3. The third kappa shape index (κ3) is 1.99. The normalized spacial score (nSPS) is 15.5. The summed E-state index contributed by atoms with van der Waals surface area (Å²) in [4.78, 5) is 0.419. The molecule has 0 atom stereocenters. The van der Waals surface area contributed by atoms with Crippen molar-refractivity contribution in [3.05, 3.63) is 23.8 Å². The van der Waals surface area contributed by atoms with Crippen LogP contribution in [0.15, 0.2) is 23.1 Å². The van der Waals surface area contributed by atoms with Crippen LogP contribution in [0.2, 0.25) is 0 Å². The molecule has 0 aliphatic carbocycles. The summed E-state index contributed by atoms with van der Waals surface area (Å²) in [5.74, 6) is 0. The van der Waals surface area contributed by atoms with Crippen molar-refractivity contribution >= 4 is 15.0 Å². The first-order valence-corrected chi connectivity index (χ1v) is 7.52. The molecule has 0 radical (unpaired) electrons. The molecule has 1 rings (SSSR count). The summed E-state index contributed by atoms with van der Waals surface area (Å²) in [7, 11) is -3.88. The molecule has 92 valence electrons. The minimum atomic E-state index is -3.88. The lowest BCUT2D eigenvalue weighted by Gasteiger charge is -2.50. The molecule has 1 aromatic carbocycles. The van der Waals surface area contributed by atoms with E-state index in [4.69, 9.17) is 5.73 Å². The fourth-order valence-corrected chi connectivity index (χ4v) is 2.99. The first-order valence-electron chi connectivity index (χ1n) is 5.19. The van der Waals surface area contributed by atoms with Crippen molar-refractivity contribution in [2.75, 3.05) is 12.0 Å². The van der Waals surface area contributed by atoms with Crippen LogP contribution in [-0.4, -0.2) is 19.8 Å². The van der Waals surface area contributed by atoms with Gasteiger partial charge in [0.1, 0.15) is 0 Å². The molecule has 0 fully saturated rings. The van der Waals surface area contributed by atoms with Crippen LogP contribution in [0.3, 0.4) is 0 Å². The van der Waals surface area contributed by atoms with E-state index in [1.807, 2.05) is 6.92 Å². The molecular weight excluding hydrogens is 222 g/mol. The Kier molecular flexibility index (Phi) is 2.73. The van der Waals surface area contributed by atoms with Crippen LogP contribution in [0.25, 0.3) is 0 Å². The fraction of sp³-hybridized carbons (Fsp3) is 0.500. The summed E-state index contributed by atoms with van der Waals surface area (Å²) < 4.78 is 22.6. The standard InChI is InChI=1S/C12H21NO2S/c1-9-6-10(13)8-11(7-9)16(5,14,15)12(2,3)4/h6-8H,13H2,1-5H3,(H,14,15). The number of nitrogen functional groups attached to an aromatic ring is 1. The number of aryl methyl sites for hydroxylation is 1. The van der Waals surface area contributed by atoms with Gasteiger partial charge in [-0.2, -0.15) is 9.35 Å². The summed E-state index contributed by atoms with van der Waals surface area (Å²) in [6.45, 7) is 7.16. The number of nitrogens with two attached hydrogens (primary N) is 1. The molecular formula is C12H21NO2S. The van der Waals surface area contributed by atoms with Crippen LogP contribution in [0, 0.1) is 6.92 Å². The van der Waals surface area contributed by atoms with Crippen molar-refractivity contribution in [3.63, 3.8) is 0 Å². The topological polar surface area (TPSA) is 63.3 Å². The van der Waals surface area contributed by atoms with Gasteiger partial charge in [-0.05, 0) is 51.5 Å². The van der Waals surface area contributed by atoms with E-state index >= 15 is 0 Å². The Morgan fingerprint density at radius 2 is 1.75 bits per heavy atom. The molecule has 0 saturated heterocycles. The first kappa shape index (κ1) is 13.2. The highest BCUT2D eigenvalue weighted by Crippen LogP contribution is 2.42. The molecule has 0 unspecified atom stereocenters. The molecule has 0 saturated carbocycles. The van der Waals surface area contributed by atoms with Crippen molar-refractivity contribution in [1.82, 2.24) is 0 Å². The van der Waals surface area contributed by atoms with Gasteiger partial charge in [0.15, 0.2) is 0 Å². The number of hydrogen-bond donors (Lipinski definition) is 2. The maximum Gasteiger partial charge on any atom is 0.0568 e. The first-order chi connectivity index (χ1) is 6.93. The predicted molar refractivity (Wildman–Crippen MR) is 70.3 cm³/mol. The molecule has 3 N–H and O–H groups in total. The molecule has 0 aliphatic rings. The highest BCUT2D eigenvalue weighted by molar-refractivity contribution is 8.15. The van der Waals surface area contributed by atoms with Gasteiger partial charge < -0.3 is 5.73 Å². The predicted octanol–water partition coefficient (Wildman–Crippen LogP) is 2.66. The Hall–Kier alpha value is -0.870. The number of hydrogen-bond acceptors (Lipinski definition) is 2. The molecule has 3 nitrogen and oxygen atoms in total. The molecule has 0 aliphatic heterocycles. The third-order valence-electron chi connectivity index (χ3n) is 3.07. The molecule has 0 aromatic heterocycles. The van der Waals surface area contributed by atoms with Crippen molar-refractivity contribution in [2.45, 2.75) is 37.3 Å². The van der Waals surface area contributed by atoms with E-state index in [-0.39, 0.29) is 0 Å². The lowest BCUT2D eigenvalue weighted by atomic mass is 10.2. The van der Waals surface area contributed by atoms with Crippen LogP contribution in [0.4, 0.5) is 5.69 Å². The third-order valence-corrected chi connectivity index (χ3v) is 7.30. The lowest BCUT2D eigenvalue weighted by Crippen LogP contribution is -2.48. The Labute approximate surface area is 97.3 Å². The highest BCUT2D eigenvalue weighted by Gasteiger charge is 2.38. The van der Waals surface area contributed by atoms with Gasteiger partial charge in [0, 0.05) is 11.9 Å². The van der Waals surface area contributed by atoms with E-state index in [1.54, 1.807) is 39.0 Å². The SMILES string of the molecule is Cc1cc(N)cc(S(C)(=O)(O)C(C)(C)C)c1. The average Bonchev–Trinajstić information content (AvgIpc) is 1.98. The van der Waals surface area contributed by atoms with Crippen LogP contribution in [0.5, 0.6) is 0 Å². The van der Waals surface area contributed by atoms with Crippen molar-refractivity contribution in [1.29, 1.82) is 0 Å². The molecule has 0 spiro atoms. The molecule has 1 aromatic rings. The minimum Gasteiger partial charge on any atom is -0.399 e. The van der Waals surface area contributed by atoms with Crippen molar-refractivity contribution < 1.29 is 8.76 Å². The smallest absolute Gasteiger partial charge is 0.0568 e. The summed E-state index contributed by atoms with van der Waals surface area (Å²) >= 11 is 0. The largest absolute Gasteiger partial charge is 0.399 e. The summed E-state index contributed by atoms with van der Waals surface area (Å²) in [6, 6.07) is 5.11. The van der Waals surface area contributed by atoms with Gasteiger partial charge in [0.25, 0.3) is 0 Å². The van der Waals surface area contributed by atoms with E-state index in [2.05, 4.69) is 0 Å². The summed E-state index contributed by atoms with van der Waals surface area (Å²) in [5.41, 5.74) is 7.15. The Morgan fingerprint density at radius 3 is 2.12 bits per heavy atom. The van der Waals surface area contributed by atoms with Gasteiger partial charge in [-0.1, -0.05) is 0 Å². The van der Waals surface area contributed by atoms with Crippen LogP contribution in [0.1, 0.15) is 26.3 Å². The Bertz CT molecular complexity index is 460. The second kappa shape index (κ2) is 3.31. The molecule has 0 amide bonds. The Morgan fingerprint density at radius 1 is 1.25 bits per heavy atom. The number of benzene rings is 1. The zero-order valence-corrected chi connectivity index (χ0v) is 11.4. The zero-order chi connectivity index (χ0) is 12.8. The number of rotatable bonds is 1. The van der Waals surface area contributed by atoms with E-state index in [1.165, 1.54) is 6.26 Å². The second-order valence-corrected chi connectivity index (χ2v) is 9.74. The van der Waals surface area contributed by atoms with Crippen LogP contribution >= 0.6 is 0 Å². The summed E-state index contributed by atoms with van der Waals surface area (Å²) in [5, 5.41) is 0. The lowest BCUT2D eigenvalue weighted by molar-refractivity contribution is 0.479. The molecule has 0 heterocycles. The quantitative estimate of drug-likeness (QED) is 0.745. The zero-order valence-electron chi connectivity index (χ0n) is 10.6. The maximum atomic E-state index is 12.8. The monoisotopic (exact) mass is 243 g/mol. The van der Waals surface area contributed by atoms with E-state index in [0.717, 1.165) is 5.56 Å². The molecule has 16 heavy (non-hydrogen) atoms. The summed E-state index contributed by atoms with van der Waals surface area (Å²) in [6.07, 6.45) is 1.41.